The van der Waals surface area contributed by atoms with E-state index in [0.29, 0.717) is 0 Å². The number of halogens is 1. The molecule has 0 unspecified atom stereocenters. The van der Waals surface area contributed by atoms with Crippen LogP contribution in [0.2, 0.25) is 5.02 Å². The molecule has 1 nitrogen and oxygen atoms in total. The van der Waals surface area contributed by atoms with Gasteiger partial charge in [-0.25, -0.2) is 0 Å². The molecule has 1 aromatic rings. The predicted molar refractivity (Wildman–Crippen MR) is 57.7 cm³/mol. The van der Waals surface area contributed by atoms with E-state index in [4.69, 9.17) is 17.3 Å². The van der Waals surface area contributed by atoms with Crippen LogP contribution in [0.3, 0.4) is 0 Å². The van der Waals surface area contributed by atoms with Crippen molar-refractivity contribution in [2.75, 3.05) is 6.54 Å². The van der Waals surface area contributed by atoms with Crippen LogP contribution < -0.4 is 5.73 Å². The van der Waals surface area contributed by atoms with Gasteiger partial charge in [0.05, 0.1) is 0 Å². The Balaban J connectivity index is 2.49. The third-order valence-electron chi connectivity index (χ3n) is 1.99. The molecule has 0 aliphatic rings. The van der Waals surface area contributed by atoms with Crippen molar-refractivity contribution in [3.05, 3.63) is 40.8 Å². The highest BCUT2D eigenvalue weighted by molar-refractivity contribution is 6.30. The Morgan fingerprint density at radius 1 is 1.31 bits per heavy atom. The molecule has 0 saturated carbocycles. The Bertz CT molecular complexity index is 243. The Labute approximate surface area is 84.9 Å². The van der Waals surface area contributed by atoms with Crippen molar-refractivity contribution in [1.82, 2.24) is 0 Å². The smallest absolute Gasteiger partial charge is 0.0406 e. The van der Waals surface area contributed by atoms with E-state index in [0.717, 1.165) is 24.4 Å². The van der Waals surface area contributed by atoms with Crippen molar-refractivity contribution in [1.29, 1.82) is 0 Å². The summed E-state index contributed by atoms with van der Waals surface area (Å²) in [5.41, 5.74) is 6.77. The molecule has 1 radical (unpaired) electrons. The van der Waals surface area contributed by atoms with Gasteiger partial charge in [0.25, 0.3) is 0 Å². The molecule has 0 amide bonds. The first-order valence-corrected chi connectivity index (χ1v) is 4.86. The zero-order valence-electron chi connectivity index (χ0n) is 7.89. The van der Waals surface area contributed by atoms with Crippen molar-refractivity contribution in [2.45, 2.75) is 19.8 Å². The normalized spacial score (nSPS) is 10.8. The molecule has 0 atom stereocenters. The van der Waals surface area contributed by atoms with Gasteiger partial charge in [-0.1, -0.05) is 30.7 Å². The van der Waals surface area contributed by atoms with E-state index in [1.807, 2.05) is 12.1 Å². The zero-order valence-corrected chi connectivity index (χ0v) is 8.64. The van der Waals surface area contributed by atoms with Gasteiger partial charge in [-0.15, -0.1) is 0 Å². The minimum atomic E-state index is 0.736. The van der Waals surface area contributed by atoms with E-state index in [1.165, 1.54) is 11.5 Å². The van der Waals surface area contributed by atoms with Gasteiger partial charge in [0.15, 0.2) is 0 Å². The Morgan fingerprint density at radius 2 is 1.92 bits per heavy atom. The second-order valence-corrected chi connectivity index (χ2v) is 3.74. The quantitative estimate of drug-likeness (QED) is 0.788. The summed E-state index contributed by atoms with van der Waals surface area (Å²) in [4.78, 5) is 0. The highest BCUT2D eigenvalue weighted by Crippen LogP contribution is 2.15. The average Bonchev–Trinajstić information content (AvgIpc) is 2.09. The maximum absolute atomic E-state index is 5.78. The van der Waals surface area contributed by atoms with Crippen LogP contribution in [0.25, 0.3) is 0 Å². The molecule has 1 rings (SSSR count). The number of benzene rings is 1. The summed E-state index contributed by atoms with van der Waals surface area (Å²) >= 11 is 5.78. The summed E-state index contributed by atoms with van der Waals surface area (Å²) in [6.07, 6.45) is 2.01. The van der Waals surface area contributed by atoms with Crippen molar-refractivity contribution in [2.24, 2.45) is 5.73 Å². The summed E-state index contributed by atoms with van der Waals surface area (Å²) in [5.74, 6) is 1.42. The van der Waals surface area contributed by atoms with E-state index < -0.39 is 0 Å². The minimum absolute atomic E-state index is 0.736. The van der Waals surface area contributed by atoms with Crippen molar-refractivity contribution in [3.8, 4) is 0 Å². The summed E-state index contributed by atoms with van der Waals surface area (Å²) in [7, 11) is 0. The molecule has 0 aliphatic carbocycles. The van der Waals surface area contributed by atoms with Crippen LogP contribution in [0.15, 0.2) is 24.3 Å². The minimum Gasteiger partial charge on any atom is -0.330 e. The Morgan fingerprint density at radius 3 is 2.46 bits per heavy atom. The summed E-state index contributed by atoms with van der Waals surface area (Å²) in [6.45, 7) is 2.88. The highest BCUT2D eigenvalue weighted by Gasteiger charge is 2.02. The molecular formula is C11H15ClN. The Kier molecular flexibility index (Phi) is 4.26. The number of nitrogens with two attached hydrogens (primary N) is 1. The first-order valence-electron chi connectivity index (χ1n) is 4.48. The third-order valence-corrected chi connectivity index (χ3v) is 2.24. The van der Waals surface area contributed by atoms with Gasteiger partial charge in [-0.3, -0.25) is 0 Å². The first-order chi connectivity index (χ1) is 6.22. The molecule has 0 heterocycles. The van der Waals surface area contributed by atoms with E-state index in [1.54, 1.807) is 0 Å². The van der Waals surface area contributed by atoms with Crippen LogP contribution in [-0.4, -0.2) is 6.54 Å². The fraction of sp³-hybridized carbons (Fsp3) is 0.364. The summed E-state index contributed by atoms with van der Waals surface area (Å²) in [5, 5.41) is 0.792. The number of hydrogen-bond donors (Lipinski definition) is 1. The lowest BCUT2D eigenvalue weighted by Crippen LogP contribution is -2.06. The van der Waals surface area contributed by atoms with Gasteiger partial charge in [0.1, 0.15) is 0 Å². The molecule has 0 saturated heterocycles. The monoisotopic (exact) mass is 196 g/mol. The molecule has 71 valence electrons. The second kappa shape index (κ2) is 5.25. The van der Waals surface area contributed by atoms with Gasteiger partial charge < -0.3 is 5.73 Å². The van der Waals surface area contributed by atoms with E-state index in [2.05, 4.69) is 19.1 Å². The molecule has 2 heteroatoms. The lowest BCUT2D eigenvalue weighted by Gasteiger charge is -2.08. The van der Waals surface area contributed by atoms with Crippen molar-refractivity contribution in [3.63, 3.8) is 0 Å². The van der Waals surface area contributed by atoms with Crippen molar-refractivity contribution < 1.29 is 0 Å². The zero-order chi connectivity index (χ0) is 9.68. The largest absolute Gasteiger partial charge is 0.330 e. The van der Waals surface area contributed by atoms with E-state index in [9.17, 15) is 0 Å². The fourth-order valence-corrected chi connectivity index (χ4v) is 1.41. The molecule has 0 bridgehead atoms. The van der Waals surface area contributed by atoms with E-state index >= 15 is 0 Å². The van der Waals surface area contributed by atoms with E-state index in [-0.39, 0.29) is 0 Å². The maximum atomic E-state index is 5.78. The lowest BCUT2D eigenvalue weighted by molar-refractivity contribution is 0.787. The predicted octanol–water partition coefficient (Wildman–Crippen LogP) is 2.83. The highest BCUT2D eigenvalue weighted by atomic mass is 35.5. The average molecular weight is 197 g/mol. The van der Waals surface area contributed by atoms with Crippen LogP contribution >= 0.6 is 11.6 Å². The molecule has 0 aromatic heterocycles. The summed E-state index contributed by atoms with van der Waals surface area (Å²) < 4.78 is 0. The van der Waals surface area contributed by atoms with Crippen LogP contribution in [0.4, 0.5) is 0 Å². The van der Waals surface area contributed by atoms with Crippen LogP contribution in [0.1, 0.15) is 18.9 Å². The van der Waals surface area contributed by atoms with Gasteiger partial charge >= 0.3 is 0 Å². The van der Waals surface area contributed by atoms with Gasteiger partial charge in [-0.2, -0.15) is 0 Å². The standard InChI is InChI=1S/C11H15ClN/c1-9(6-7-13)8-10-2-4-11(12)5-3-10/h2-5H,6-8,13H2,1H3. The van der Waals surface area contributed by atoms with Gasteiger partial charge in [-0.05, 0) is 43.0 Å². The molecular weight excluding hydrogens is 182 g/mol. The molecule has 2 N–H and O–H groups in total. The van der Waals surface area contributed by atoms with Crippen LogP contribution in [0.5, 0.6) is 0 Å². The maximum Gasteiger partial charge on any atom is 0.0406 e. The van der Waals surface area contributed by atoms with Crippen molar-refractivity contribution >= 4 is 11.6 Å². The molecule has 0 spiro atoms. The molecule has 1 aromatic carbocycles. The van der Waals surface area contributed by atoms with Crippen LogP contribution in [-0.2, 0) is 6.42 Å². The number of hydrogen-bond acceptors (Lipinski definition) is 1. The topological polar surface area (TPSA) is 26.0 Å². The third kappa shape index (κ3) is 3.79. The molecule has 13 heavy (non-hydrogen) atoms. The molecule has 0 fully saturated rings. The number of rotatable bonds is 4. The van der Waals surface area contributed by atoms with Gasteiger partial charge in [0, 0.05) is 5.02 Å². The Hall–Kier alpha value is -0.530. The SMILES string of the molecule is C[C](CCN)Cc1ccc(Cl)cc1. The second-order valence-electron chi connectivity index (χ2n) is 3.30. The first kappa shape index (κ1) is 10.6. The molecule has 0 aliphatic heterocycles. The summed E-state index contributed by atoms with van der Waals surface area (Å²) in [6, 6.07) is 7.96. The fourth-order valence-electron chi connectivity index (χ4n) is 1.29. The van der Waals surface area contributed by atoms with Gasteiger partial charge in [0.2, 0.25) is 0 Å². The van der Waals surface area contributed by atoms with Crippen LogP contribution in [0, 0.1) is 5.92 Å². The lowest BCUT2D eigenvalue weighted by atomic mass is 9.98.